The molecule has 2 rings (SSSR count). The molecule has 0 N–H and O–H groups in total. The summed E-state index contributed by atoms with van der Waals surface area (Å²) < 4.78 is 5.39. The topological polar surface area (TPSA) is 29.5 Å². The molecule has 0 aromatic heterocycles. The van der Waals surface area contributed by atoms with Gasteiger partial charge in [0.25, 0.3) is 0 Å². The van der Waals surface area contributed by atoms with Gasteiger partial charge in [0.1, 0.15) is 6.61 Å². The van der Waals surface area contributed by atoms with E-state index in [1.165, 1.54) is 57.8 Å². The monoisotopic (exact) mass is 411 g/mol. The minimum atomic E-state index is -0.184. The molecule has 1 aliphatic heterocycles. The third-order valence-electron chi connectivity index (χ3n) is 5.98. The molecule has 1 saturated heterocycles. The number of hydrogen-bond donors (Lipinski definition) is 0. The van der Waals surface area contributed by atoms with E-state index in [-0.39, 0.29) is 18.2 Å². The third kappa shape index (κ3) is 8.77. The molecule has 0 radical (unpaired) electrons. The lowest BCUT2D eigenvalue weighted by Crippen LogP contribution is -2.41. The van der Waals surface area contributed by atoms with E-state index in [9.17, 15) is 4.79 Å². The Morgan fingerprint density at radius 1 is 1.03 bits per heavy atom. The molecule has 3 heteroatoms. The lowest BCUT2D eigenvalue weighted by molar-refractivity contribution is 0.143. The van der Waals surface area contributed by atoms with Crippen molar-refractivity contribution < 1.29 is 9.53 Å². The van der Waals surface area contributed by atoms with Crippen LogP contribution in [0.3, 0.4) is 0 Å². The molecule has 3 nitrogen and oxygen atoms in total. The van der Waals surface area contributed by atoms with Crippen LogP contribution in [0, 0.1) is 0 Å². The fourth-order valence-electron chi connectivity index (χ4n) is 4.23. The van der Waals surface area contributed by atoms with Gasteiger partial charge in [-0.25, -0.2) is 4.79 Å². The van der Waals surface area contributed by atoms with E-state index in [2.05, 4.69) is 37.8 Å². The molecule has 0 aliphatic carbocycles. The average Bonchev–Trinajstić information content (AvgIpc) is 3.13. The van der Waals surface area contributed by atoms with Gasteiger partial charge in [-0.1, -0.05) is 120 Å². The van der Waals surface area contributed by atoms with Crippen molar-refractivity contribution in [3.05, 3.63) is 54.6 Å². The Hall–Kier alpha value is -2.03. The largest absolute Gasteiger partial charge is 0.447 e. The first kappa shape index (κ1) is 24.2. The second kappa shape index (κ2) is 14.9. The first-order chi connectivity index (χ1) is 14.8. The number of nitrogens with zero attached hydrogens (tertiary/aromatic N) is 1. The normalized spacial score (nSPS) is 17.4. The van der Waals surface area contributed by atoms with E-state index in [0.717, 1.165) is 24.8 Å². The molecule has 0 bridgehead atoms. The van der Waals surface area contributed by atoms with E-state index in [0.29, 0.717) is 6.61 Å². The highest BCUT2D eigenvalue weighted by atomic mass is 16.6. The lowest BCUT2D eigenvalue weighted by atomic mass is 10.0. The maximum Gasteiger partial charge on any atom is 0.410 e. The SMILES string of the molecule is C=CC[C@@H](CCCCCCCCCCCC)N1C(=O)OC[C@H]1/C=C/c1ccccc1. The summed E-state index contributed by atoms with van der Waals surface area (Å²) >= 11 is 0. The van der Waals surface area contributed by atoms with Gasteiger partial charge in [-0.05, 0) is 18.4 Å². The number of amides is 1. The van der Waals surface area contributed by atoms with Gasteiger partial charge in [-0.15, -0.1) is 6.58 Å². The second-order valence-electron chi connectivity index (χ2n) is 8.47. The molecule has 1 aliphatic rings. The summed E-state index contributed by atoms with van der Waals surface area (Å²) in [7, 11) is 0. The summed E-state index contributed by atoms with van der Waals surface area (Å²) in [5, 5.41) is 0. The molecule has 1 fully saturated rings. The van der Waals surface area contributed by atoms with Crippen molar-refractivity contribution in [3.63, 3.8) is 0 Å². The number of benzene rings is 1. The van der Waals surface area contributed by atoms with E-state index >= 15 is 0 Å². The van der Waals surface area contributed by atoms with Crippen LogP contribution in [-0.2, 0) is 4.74 Å². The van der Waals surface area contributed by atoms with Crippen molar-refractivity contribution in [2.24, 2.45) is 0 Å². The van der Waals surface area contributed by atoms with Crippen molar-refractivity contribution in [2.45, 2.75) is 96.1 Å². The summed E-state index contributed by atoms with van der Waals surface area (Å²) in [6.07, 6.45) is 21.1. The number of ether oxygens (including phenoxy) is 1. The maximum atomic E-state index is 12.4. The van der Waals surface area contributed by atoms with Crippen LogP contribution >= 0.6 is 0 Å². The van der Waals surface area contributed by atoms with Crippen LogP contribution in [0.15, 0.2) is 49.1 Å². The first-order valence-corrected chi connectivity index (χ1v) is 12.1. The molecule has 0 saturated carbocycles. The molecular weight excluding hydrogens is 370 g/mol. The number of hydrogen-bond acceptors (Lipinski definition) is 2. The number of rotatable bonds is 16. The molecule has 1 amide bonds. The van der Waals surface area contributed by atoms with Gasteiger partial charge in [0.05, 0.1) is 6.04 Å². The zero-order chi connectivity index (χ0) is 21.4. The van der Waals surface area contributed by atoms with Gasteiger partial charge in [-0.3, -0.25) is 4.90 Å². The predicted octanol–water partition coefficient (Wildman–Crippen LogP) is 7.78. The van der Waals surface area contributed by atoms with Crippen LogP contribution in [0.25, 0.3) is 6.08 Å². The predicted molar refractivity (Wildman–Crippen MR) is 128 cm³/mol. The molecule has 1 aromatic carbocycles. The van der Waals surface area contributed by atoms with Crippen molar-refractivity contribution in [2.75, 3.05) is 6.61 Å². The van der Waals surface area contributed by atoms with Crippen LogP contribution < -0.4 is 0 Å². The highest BCUT2D eigenvalue weighted by Gasteiger charge is 2.35. The molecule has 1 aromatic rings. The Balaban J connectivity index is 1.75. The van der Waals surface area contributed by atoms with Crippen LogP contribution in [0.1, 0.15) is 89.5 Å². The number of carbonyl (C=O) groups is 1. The Morgan fingerprint density at radius 2 is 1.67 bits per heavy atom. The van der Waals surface area contributed by atoms with Crippen LogP contribution in [0.4, 0.5) is 4.79 Å². The van der Waals surface area contributed by atoms with E-state index in [1.54, 1.807) is 0 Å². The molecule has 1 heterocycles. The minimum Gasteiger partial charge on any atom is -0.447 e. The Labute approximate surface area is 184 Å². The standard InChI is InChI=1S/C27H41NO2/c1-3-5-6-7-8-9-10-11-12-16-20-25(17-4-2)28-26(23-30-27(28)29)22-21-24-18-14-13-15-19-24/h4,13-15,18-19,21-22,25-26H,2-3,5-12,16-17,20,23H2,1H3/b22-21+/t25-,26+/m0/s1. The van der Waals surface area contributed by atoms with Gasteiger partial charge in [-0.2, -0.15) is 0 Å². The summed E-state index contributed by atoms with van der Waals surface area (Å²) in [5.74, 6) is 0. The summed E-state index contributed by atoms with van der Waals surface area (Å²) in [6.45, 7) is 6.62. The molecule has 30 heavy (non-hydrogen) atoms. The molecule has 0 spiro atoms. The average molecular weight is 412 g/mol. The molecule has 2 atom stereocenters. The van der Waals surface area contributed by atoms with Gasteiger partial charge in [0.2, 0.25) is 0 Å². The highest BCUT2D eigenvalue weighted by molar-refractivity contribution is 5.71. The third-order valence-corrected chi connectivity index (χ3v) is 5.98. The Bertz CT molecular complexity index is 625. The van der Waals surface area contributed by atoms with Gasteiger partial charge in [0, 0.05) is 6.04 Å². The Kier molecular flexibility index (Phi) is 12.0. The van der Waals surface area contributed by atoms with Crippen molar-refractivity contribution in [1.82, 2.24) is 4.90 Å². The van der Waals surface area contributed by atoms with E-state index in [1.807, 2.05) is 29.2 Å². The van der Waals surface area contributed by atoms with E-state index < -0.39 is 0 Å². The quantitative estimate of drug-likeness (QED) is 0.205. The van der Waals surface area contributed by atoms with Crippen molar-refractivity contribution in [1.29, 1.82) is 0 Å². The van der Waals surface area contributed by atoms with Gasteiger partial charge >= 0.3 is 6.09 Å². The molecular formula is C27H41NO2. The van der Waals surface area contributed by atoms with Crippen LogP contribution in [0.5, 0.6) is 0 Å². The summed E-state index contributed by atoms with van der Waals surface area (Å²) in [4.78, 5) is 14.4. The van der Waals surface area contributed by atoms with Crippen LogP contribution in [-0.4, -0.2) is 29.7 Å². The first-order valence-electron chi connectivity index (χ1n) is 12.1. The van der Waals surface area contributed by atoms with Crippen LogP contribution in [0.2, 0.25) is 0 Å². The molecule has 166 valence electrons. The number of unbranched alkanes of at least 4 members (excludes halogenated alkanes) is 9. The highest BCUT2D eigenvalue weighted by Crippen LogP contribution is 2.24. The number of cyclic esters (lactones) is 1. The smallest absolute Gasteiger partial charge is 0.410 e. The number of carbonyl (C=O) groups excluding carboxylic acids is 1. The fraction of sp³-hybridized carbons (Fsp3) is 0.593. The summed E-state index contributed by atoms with van der Waals surface area (Å²) in [5.41, 5.74) is 1.15. The van der Waals surface area contributed by atoms with Crippen molar-refractivity contribution in [3.8, 4) is 0 Å². The zero-order valence-corrected chi connectivity index (χ0v) is 18.9. The van der Waals surface area contributed by atoms with Crippen molar-refractivity contribution >= 4 is 12.2 Å². The summed E-state index contributed by atoms with van der Waals surface area (Å²) in [6, 6.07) is 10.4. The zero-order valence-electron chi connectivity index (χ0n) is 18.9. The van der Waals surface area contributed by atoms with Gasteiger partial charge in [0.15, 0.2) is 0 Å². The molecule has 0 unspecified atom stereocenters. The van der Waals surface area contributed by atoms with E-state index in [4.69, 9.17) is 4.74 Å². The second-order valence-corrected chi connectivity index (χ2v) is 8.47. The lowest BCUT2D eigenvalue weighted by Gasteiger charge is -2.29. The fourth-order valence-corrected chi connectivity index (χ4v) is 4.23. The van der Waals surface area contributed by atoms with Gasteiger partial charge < -0.3 is 4.74 Å². The minimum absolute atomic E-state index is 0.00535. The Morgan fingerprint density at radius 3 is 2.30 bits per heavy atom. The maximum absolute atomic E-state index is 12.4.